The lowest BCUT2D eigenvalue weighted by molar-refractivity contribution is -0.147. The Morgan fingerprint density at radius 1 is 1.07 bits per heavy atom. The van der Waals surface area contributed by atoms with Crippen molar-refractivity contribution in [2.75, 3.05) is 7.11 Å². The highest BCUT2D eigenvalue weighted by molar-refractivity contribution is 5.85. The minimum Gasteiger partial charge on any atom is -0.467 e. The van der Waals surface area contributed by atoms with E-state index in [4.69, 9.17) is 9.47 Å². The van der Waals surface area contributed by atoms with E-state index in [1.165, 1.54) is 19.1 Å². The summed E-state index contributed by atoms with van der Waals surface area (Å²) < 4.78 is 38.0. The van der Waals surface area contributed by atoms with E-state index in [2.05, 4.69) is 5.32 Å². The standard InChI is InChI=1S/C22H25F2NO4/c1-14(2)19(15-9-6-5-7-10-15)29-21(27)25-22(3,20(26)28-4)13-16-11-8-12-17(23)18(16)24/h5-12,14,19H,13H2,1-4H3,(H,25,27)/t19-,22-/m0/s1. The molecule has 0 radical (unpaired) electrons. The number of carbonyl (C=O) groups excluding carboxylic acids is 2. The molecule has 0 aliphatic carbocycles. The van der Waals surface area contributed by atoms with Crippen LogP contribution in [0.25, 0.3) is 0 Å². The lowest BCUT2D eigenvalue weighted by Gasteiger charge is -2.30. The Balaban J connectivity index is 2.23. The first-order chi connectivity index (χ1) is 13.7. The van der Waals surface area contributed by atoms with Gasteiger partial charge in [0, 0.05) is 6.42 Å². The molecule has 0 aliphatic rings. The van der Waals surface area contributed by atoms with Crippen LogP contribution < -0.4 is 5.32 Å². The first-order valence-electron chi connectivity index (χ1n) is 9.23. The number of hydrogen-bond acceptors (Lipinski definition) is 4. The molecule has 0 saturated heterocycles. The van der Waals surface area contributed by atoms with Crippen LogP contribution >= 0.6 is 0 Å². The minimum absolute atomic E-state index is 0.0341. The van der Waals surface area contributed by atoms with Crippen molar-refractivity contribution >= 4 is 12.1 Å². The molecular formula is C22H25F2NO4. The Labute approximate surface area is 169 Å². The number of halogens is 2. The Hall–Kier alpha value is -2.96. The number of rotatable bonds is 7. The highest BCUT2D eigenvalue weighted by atomic mass is 19.2. The molecule has 0 saturated carbocycles. The molecule has 29 heavy (non-hydrogen) atoms. The van der Waals surface area contributed by atoms with Crippen molar-refractivity contribution in [1.82, 2.24) is 5.32 Å². The van der Waals surface area contributed by atoms with Crippen molar-refractivity contribution in [3.63, 3.8) is 0 Å². The smallest absolute Gasteiger partial charge is 0.408 e. The molecule has 5 nitrogen and oxygen atoms in total. The zero-order chi connectivity index (χ0) is 21.6. The van der Waals surface area contributed by atoms with Crippen molar-refractivity contribution in [2.24, 2.45) is 5.92 Å². The highest BCUT2D eigenvalue weighted by Crippen LogP contribution is 2.26. The van der Waals surface area contributed by atoms with Crippen LogP contribution in [0.5, 0.6) is 0 Å². The van der Waals surface area contributed by atoms with E-state index >= 15 is 0 Å². The molecular weight excluding hydrogens is 380 g/mol. The van der Waals surface area contributed by atoms with Crippen LogP contribution in [0, 0.1) is 17.6 Å². The Kier molecular flexibility index (Phi) is 7.31. The van der Waals surface area contributed by atoms with Gasteiger partial charge in [-0.25, -0.2) is 18.4 Å². The molecule has 0 bridgehead atoms. The van der Waals surface area contributed by atoms with Crippen molar-refractivity contribution in [1.29, 1.82) is 0 Å². The van der Waals surface area contributed by atoms with Crippen LogP contribution in [0.3, 0.4) is 0 Å². The van der Waals surface area contributed by atoms with Crippen LogP contribution in [-0.4, -0.2) is 24.7 Å². The Bertz CT molecular complexity index is 857. The molecule has 2 rings (SSSR count). The lowest BCUT2D eigenvalue weighted by Crippen LogP contribution is -2.54. The fourth-order valence-corrected chi connectivity index (χ4v) is 3.06. The van der Waals surface area contributed by atoms with Crippen molar-refractivity contribution < 1.29 is 27.8 Å². The average Bonchev–Trinajstić information content (AvgIpc) is 2.69. The molecule has 0 unspecified atom stereocenters. The highest BCUT2D eigenvalue weighted by Gasteiger charge is 2.38. The summed E-state index contributed by atoms with van der Waals surface area (Å²) in [5.41, 5.74) is -0.922. The summed E-state index contributed by atoms with van der Waals surface area (Å²) in [5, 5.41) is 2.47. The van der Waals surface area contributed by atoms with Gasteiger partial charge in [0.2, 0.25) is 0 Å². The number of amides is 1. The van der Waals surface area contributed by atoms with E-state index in [-0.39, 0.29) is 17.9 Å². The van der Waals surface area contributed by atoms with Crippen LogP contribution in [0.15, 0.2) is 48.5 Å². The predicted octanol–water partition coefficient (Wildman–Crippen LogP) is 4.56. The van der Waals surface area contributed by atoms with Gasteiger partial charge in [0.15, 0.2) is 11.6 Å². The molecule has 1 N–H and O–H groups in total. The zero-order valence-electron chi connectivity index (χ0n) is 16.9. The van der Waals surface area contributed by atoms with Crippen molar-refractivity contribution in [2.45, 2.75) is 38.8 Å². The van der Waals surface area contributed by atoms with Gasteiger partial charge in [-0.15, -0.1) is 0 Å². The van der Waals surface area contributed by atoms with Crippen molar-refractivity contribution in [3.05, 3.63) is 71.3 Å². The third kappa shape index (κ3) is 5.53. The Morgan fingerprint density at radius 3 is 2.31 bits per heavy atom. The maximum atomic E-state index is 14.1. The molecule has 0 spiro atoms. The number of benzene rings is 2. The molecule has 2 atom stereocenters. The number of nitrogens with one attached hydrogen (secondary N) is 1. The van der Waals surface area contributed by atoms with E-state index < -0.39 is 35.3 Å². The van der Waals surface area contributed by atoms with Crippen LogP contribution in [0.2, 0.25) is 0 Å². The zero-order valence-corrected chi connectivity index (χ0v) is 16.9. The third-order valence-electron chi connectivity index (χ3n) is 4.56. The summed E-state index contributed by atoms with van der Waals surface area (Å²) in [6, 6.07) is 12.8. The van der Waals surface area contributed by atoms with Crippen LogP contribution in [0.4, 0.5) is 13.6 Å². The van der Waals surface area contributed by atoms with Crippen molar-refractivity contribution in [3.8, 4) is 0 Å². The van der Waals surface area contributed by atoms with Gasteiger partial charge in [-0.05, 0) is 30.0 Å². The molecule has 7 heteroatoms. The summed E-state index contributed by atoms with van der Waals surface area (Å²) >= 11 is 0. The summed E-state index contributed by atoms with van der Waals surface area (Å²) in [7, 11) is 1.15. The molecule has 2 aromatic carbocycles. The molecule has 0 aliphatic heterocycles. The molecule has 156 valence electrons. The fraction of sp³-hybridized carbons (Fsp3) is 0.364. The van der Waals surface area contributed by atoms with Gasteiger partial charge in [-0.3, -0.25) is 0 Å². The number of carbonyl (C=O) groups is 2. The van der Waals surface area contributed by atoms with Gasteiger partial charge in [0.1, 0.15) is 11.6 Å². The summed E-state index contributed by atoms with van der Waals surface area (Å²) in [4.78, 5) is 25.0. The second-order valence-electron chi connectivity index (χ2n) is 7.32. The first kappa shape index (κ1) is 22.3. The Morgan fingerprint density at radius 2 is 1.72 bits per heavy atom. The van der Waals surface area contributed by atoms with E-state index in [9.17, 15) is 18.4 Å². The van der Waals surface area contributed by atoms with Gasteiger partial charge in [-0.1, -0.05) is 56.3 Å². The maximum Gasteiger partial charge on any atom is 0.408 e. The van der Waals surface area contributed by atoms with Gasteiger partial charge >= 0.3 is 12.1 Å². The second-order valence-corrected chi connectivity index (χ2v) is 7.32. The maximum absolute atomic E-state index is 14.1. The monoisotopic (exact) mass is 405 g/mol. The molecule has 0 heterocycles. The van der Waals surface area contributed by atoms with Crippen LogP contribution in [-0.2, 0) is 20.7 Å². The number of hydrogen-bond donors (Lipinski definition) is 1. The summed E-state index contributed by atoms with van der Waals surface area (Å²) in [6.45, 7) is 5.16. The van der Waals surface area contributed by atoms with E-state index in [1.807, 2.05) is 44.2 Å². The minimum atomic E-state index is -1.65. The first-order valence-corrected chi connectivity index (χ1v) is 9.23. The third-order valence-corrected chi connectivity index (χ3v) is 4.56. The van der Waals surface area contributed by atoms with Gasteiger partial charge < -0.3 is 14.8 Å². The lowest BCUT2D eigenvalue weighted by atomic mass is 9.92. The number of ether oxygens (including phenoxy) is 2. The normalized spacial score (nSPS) is 14.0. The van der Waals surface area contributed by atoms with Gasteiger partial charge in [-0.2, -0.15) is 0 Å². The summed E-state index contributed by atoms with van der Waals surface area (Å²) in [5.74, 6) is -2.96. The van der Waals surface area contributed by atoms with Gasteiger partial charge in [0.25, 0.3) is 0 Å². The number of methoxy groups -OCH3 is 1. The quantitative estimate of drug-likeness (QED) is 0.686. The van der Waals surface area contributed by atoms with Gasteiger partial charge in [0.05, 0.1) is 7.11 Å². The summed E-state index contributed by atoms with van der Waals surface area (Å²) in [6.07, 6.45) is -1.72. The average molecular weight is 405 g/mol. The van der Waals surface area contributed by atoms with E-state index in [1.54, 1.807) is 0 Å². The fourth-order valence-electron chi connectivity index (χ4n) is 3.06. The molecule has 0 aromatic heterocycles. The van der Waals surface area contributed by atoms with E-state index in [0.29, 0.717) is 0 Å². The van der Waals surface area contributed by atoms with E-state index in [0.717, 1.165) is 18.7 Å². The molecule has 2 aromatic rings. The SMILES string of the molecule is COC(=O)[C@](C)(Cc1cccc(F)c1F)NC(=O)O[C@H](c1ccccc1)C(C)C. The molecule has 1 amide bonds. The topological polar surface area (TPSA) is 64.6 Å². The largest absolute Gasteiger partial charge is 0.467 e. The number of esters is 1. The number of alkyl carbamates (subject to hydrolysis) is 1. The van der Waals surface area contributed by atoms with Crippen LogP contribution in [0.1, 0.15) is 38.0 Å². The predicted molar refractivity (Wildman–Crippen MR) is 104 cm³/mol. The second kappa shape index (κ2) is 9.49. The molecule has 0 fully saturated rings.